The molecule has 132 valence electrons. The summed E-state index contributed by atoms with van der Waals surface area (Å²) in [6.07, 6.45) is 16.1. The van der Waals surface area contributed by atoms with Crippen LogP contribution < -0.4 is 12.4 Å². The molecule has 0 aliphatic heterocycles. The number of unbranched alkanes of at least 4 members (excludes halogenated alkanes) is 3. The van der Waals surface area contributed by atoms with Crippen LogP contribution in [0.5, 0.6) is 0 Å². The average molecular weight is 355 g/mol. The van der Waals surface area contributed by atoms with Crippen LogP contribution in [0.4, 0.5) is 0 Å². The minimum Gasteiger partial charge on any atom is -1.00 e. The van der Waals surface area contributed by atoms with Gasteiger partial charge in [-0.2, -0.15) is 0 Å². The smallest absolute Gasteiger partial charge is 0.0843 e. The van der Waals surface area contributed by atoms with E-state index in [4.69, 9.17) is 0 Å². The molecule has 0 fully saturated rings. The van der Waals surface area contributed by atoms with Gasteiger partial charge in [-0.15, -0.1) is 0 Å². The van der Waals surface area contributed by atoms with E-state index in [9.17, 15) is 0 Å². The monoisotopic (exact) mass is 354 g/mol. The highest BCUT2D eigenvalue weighted by atomic mass is 35.5. The molecular weight excluding hydrogens is 319 g/mol. The molecule has 0 bridgehead atoms. The third kappa shape index (κ3) is 8.37. The summed E-state index contributed by atoms with van der Waals surface area (Å²) in [4.78, 5) is 0. The van der Waals surface area contributed by atoms with E-state index >= 15 is 0 Å². The molecule has 1 aromatic rings. The van der Waals surface area contributed by atoms with Crippen LogP contribution in [0.25, 0.3) is 6.08 Å². The van der Waals surface area contributed by atoms with Crippen LogP contribution >= 0.6 is 7.26 Å². The van der Waals surface area contributed by atoms with E-state index in [0.717, 1.165) is 0 Å². The molecule has 0 amide bonds. The van der Waals surface area contributed by atoms with Crippen molar-refractivity contribution in [2.24, 2.45) is 0 Å². The Bertz CT molecular complexity index is 406. The topological polar surface area (TPSA) is 0 Å². The second-order valence-corrected chi connectivity index (χ2v) is 11.0. The van der Waals surface area contributed by atoms with Crippen LogP contribution in [0.2, 0.25) is 0 Å². The average Bonchev–Trinajstić information content (AvgIpc) is 2.56. The molecule has 1 rings (SSSR count). The van der Waals surface area contributed by atoms with E-state index in [1.807, 2.05) is 6.08 Å². The predicted octanol–water partition coefficient (Wildman–Crippen LogP) is 4.25. The Morgan fingerprint density at radius 2 is 1.43 bits per heavy atom. The van der Waals surface area contributed by atoms with Crippen LogP contribution in [-0.2, 0) is 6.16 Å². The van der Waals surface area contributed by atoms with Crippen LogP contribution in [0, 0.1) is 0 Å². The van der Waals surface area contributed by atoms with Gasteiger partial charge in [-0.05, 0) is 36.5 Å². The fourth-order valence-corrected chi connectivity index (χ4v) is 8.34. The zero-order chi connectivity index (χ0) is 16.3. The highest BCUT2D eigenvalue weighted by Gasteiger charge is 2.35. The Labute approximate surface area is 151 Å². The minimum absolute atomic E-state index is 0. The van der Waals surface area contributed by atoms with Crippen molar-refractivity contribution in [3.05, 3.63) is 42.0 Å². The number of benzene rings is 1. The van der Waals surface area contributed by atoms with E-state index in [-0.39, 0.29) is 12.4 Å². The van der Waals surface area contributed by atoms with Gasteiger partial charge in [0.25, 0.3) is 0 Å². The summed E-state index contributed by atoms with van der Waals surface area (Å²) in [5.41, 5.74) is 2.83. The van der Waals surface area contributed by atoms with E-state index in [1.54, 1.807) is 5.56 Å². The number of halogens is 1. The quantitative estimate of drug-likeness (QED) is 0.492. The van der Waals surface area contributed by atoms with Gasteiger partial charge >= 0.3 is 0 Å². The molecule has 0 aromatic heterocycles. The SMILES string of the molecule is C=Cc1cccc(C[P+](CCCC)(CCCC)CCCC)c1.[Cl-]. The first-order valence-electron chi connectivity index (χ1n) is 9.26. The summed E-state index contributed by atoms with van der Waals surface area (Å²) >= 11 is 0. The third-order valence-electron chi connectivity index (χ3n) is 4.66. The first-order chi connectivity index (χ1) is 10.7. The van der Waals surface area contributed by atoms with Gasteiger partial charge in [0.1, 0.15) is 0 Å². The van der Waals surface area contributed by atoms with Gasteiger partial charge in [0.15, 0.2) is 0 Å². The van der Waals surface area contributed by atoms with Crippen molar-refractivity contribution in [1.29, 1.82) is 0 Å². The van der Waals surface area contributed by atoms with Crippen molar-refractivity contribution in [1.82, 2.24) is 0 Å². The maximum Gasteiger partial charge on any atom is 0.0843 e. The predicted molar refractivity (Wildman–Crippen MR) is 106 cm³/mol. The summed E-state index contributed by atoms with van der Waals surface area (Å²) in [6.45, 7) is 10.9. The van der Waals surface area contributed by atoms with Crippen LogP contribution in [0.1, 0.15) is 70.4 Å². The first kappa shape index (κ1) is 22.7. The molecular formula is C21H36ClP. The largest absolute Gasteiger partial charge is 1.00 e. The molecule has 0 aliphatic rings. The molecule has 0 unspecified atom stereocenters. The van der Waals surface area contributed by atoms with Gasteiger partial charge in [-0.25, -0.2) is 0 Å². The normalized spacial score (nSPS) is 11.1. The lowest BCUT2D eigenvalue weighted by atomic mass is 10.1. The lowest BCUT2D eigenvalue weighted by Gasteiger charge is -2.28. The van der Waals surface area contributed by atoms with E-state index in [1.165, 1.54) is 68.7 Å². The zero-order valence-corrected chi connectivity index (χ0v) is 17.1. The second-order valence-electron chi connectivity index (χ2n) is 6.68. The molecule has 0 radical (unpaired) electrons. The molecule has 0 saturated heterocycles. The Balaban J connectivity index is 0.00000484. The Kier molecular flexibility index (Phi) is 12.8. The van der Waals surface area contributed by atoms with Crippen LogP contribution in [-0.4, -0.2) is 18.5 Å². The van der Waals surface area contributed by atoms with Crippen molar-refractivity contribution in [2.75, 3.05) is 18.5 Å². The lowest BCUT2D eigenvalue weighted by Crippen LogP contribution is -3.00. The van der Waals surface area contributed by atoms with Crippen molar-refractivity contribution in [2.45, 2.75) is 65.5 Å². The van der Waals surface area contributed by atoms with Gasteiger partial charge in [-0.3, -0.25) is 0 Å². The fourth-order valence-electron chi connectivity index (χ4n) is 3.26. The highest BCUT2D eigenvalue weighted by molar-refractivity contribution is 7.75. The van der Waals surface area contributed by atoms with E-state index in [0.29, 0.717) is 0 Å². The fraction of sp³-hybridized carbons (Fsp3) is 0.619. The first-order valence-corrected chi connectivity index (χ1v) is 11.8. The highest BCUT2D eigenvalue weighted by Crippen LogP contribution is 2.63. The van der Waals surface area contributed by atoms with E-state index < -0.39 is 7.26 Å². The van der Waals surface area contributed by atoms with Crippen molar-refractivity contribution < 1.29 is 12.4 Å². The number of rotatable bonds is 12. The standard InChI is InChI=1S/C21H36P.ClH/c1-5-9-15-22(16-10-6-2,17-11-7-3)19-21-14-12-13-20(8-4)18-21;/h8,12-14,18H,4-7,9-11,15-17,19H2,1-3H3;1H/q+1;/p-1. The molecule has 0 heterocycles. The summed E-state index contributed by atoms with van der Waals surface area (Å²) in [5, 5.41) is 0. The lowest BCUT2D eigenvalue weighted by molar-refractivity contribution is -0.00000489. The third-order valence-corrected chi connectivity index (χ3v) is 9.49. The molecule has 0 aliphatic carbocycles. The minimum atomic E-state index is -0.832. The Morgan fingerprint density at radius 3 is 1.87 bits per heavy atom. The van der Waals surface area contributed by atoms with Crippen molar-refractivity contribution in [3.8, 4) is 0 Å². The molecule has 0 spiro atoms. The van der Waals surface area contributed by atoms with Crippen molar-refractivity contribution in [3.63, 3.8) is 0 Å². The van der Waals surface area contributed by atoms with Gasteiger partial charge in [-0.1, -0.05) is 70.9 Å². The number of hydrogen-bond acceptors (Lipinski definition) is 0. The maximum absolute atomic E-state index is 3.93. The number of hydrogen-bond donors (Lipinski definition) is 0. The van der Waals surface area contributed by atoms with Crippen LogP contribution in [0.3, 0.4) is 0 Å². The Hall–Kier alpha value is -0.320. The Morgan fingerprint density at radius 1 is 0.913 bits per heavy atom. The van der Waals surface area contributed by atoms with Crippen molar-refractivity contribution >= 4 is 13.3 Å². The van der Waals surface area contributed by atoms with Gasteiger partial charge in [0.2, 0.25) is 0 Å². The zero-order valence-electron chi connectivity index (χ0n) is 15.5. The van der Waals surface area contributed by atoms with Crippen LogP contribution in [0.15, 0.2) is 30.8 Å². The molecule has 1 aromatic carbocycles. The summed E-state index contributed by atoms with van der Waals surface area (Å²) < 4.78 is 0. The molecule has 2 heteroatoms. The maximum atomic E-state index is 3.93. The van der Waals surface area contributed by atoms with Gasteiger partial charge < -0.3 is 12.4 Å². The molecule has 0 nitrogen and oxygen atoms in total. The van der Waals surface area contributed by atoms with Gasteiger partial charge in [0.05, 0.1) is 24.6 Å². The summed E-state index contributed by atoms with van der Waals surface area (Å²) in [7, 11) is -0.832. The molecule has 0 saturated carbocycles. The second kappa shape index (κ2) is 13.0. The molecule has 0 atom stereocenters. The van der Waals surface area contributed by atoms with E-state index in [2.05, 4.69) is 51.6 Å². The summed E-state index contributed by atoms with van der Waals surface area (Å²) in [6, 6.07) is 9.08. The molecule has 0 N–H and O–H groups in total. The summed E-state index contributed by atoms with van der Waals surface area (Å²) in [5.74, 6) is 0. The van der Waals surface area contributed by atoms with Gasteiger partial charge in [0, 0.05) is 7.26 Å². The molecule has 23 heavy (non-hydrogen) atoms.